The number of hydrogen-bond donors (Lipinski definition) is 1. The predicted molar refractivity (Wildman–Crippen MR) is 118 cm³/mol. The number of hydrogen-bond acceptors (Lipinski definition) is 7. The Kier molecular flexibility index (Phi) is 7.82. The zero-order valence-electron chi connectivity index (χ0n) is 17.3. The smallest absolute Gasteiger partial charge is 0.226 e. The average Bonchev–Trinajstić information content (AvgIpc) is 3.24. The quantitative estimate of drug-likeness (QED) is 0.687. The summed E-state index contributed by atoms with van der Waals surface area (Å²) in [5, 5.41) is 5.97. The van der Waals surface area contributed by atoms with Gasteiger partial charge in [-0.2, -0.15) is 0 Å². The van der Waals surface area contributed by atoms with Crippen molar-refractivity contribution < 1.29 is 14.3 Å². The van der Waals surface area contributed by atoms with Crippen molar-refractivity contribution in [2.24, 2.45) is 0 Å². The molecule has 1 N–H and O–H groups in total. The maximum absolute atomic E-state index is 12.3. The lowest BCUT2D eigenvalue weighted by Crippen LogP contribution is -2.41. The van der Waals surface area contributed by atoms with Crippen LogP contribution in [0.15, 0.2) is 29.6 Å². The number of benzene rings is 1. The molecule has 0 bridgehead atoms. The van der Waals surface area contributed by atoms with E-state index in [4.69, 9.17) is 14.5 Å². The number of aromatic nitrogens is 1. The zero-order valence-corrected chi connectivity index (χ0v) is 18.2. The molecule has 162 valence electrons. The van der Waals surface area contributed by atoms with Gasteiger partial charge in [0.05, 0.1) is 38.5 Å². The van der Waals surface area contributed by atoms with E-state index in [0.29, 0.717) is 13.0 Å². The van der Waals surface area contributed by atoms with E-state index in [-0.39, 0.29) is 5.91 Å². The van der Waals surface area contributed by atoms with Crippen LogP contribution in [0.25, 0.3) is 10.6 Å². The van der Waals surface area contributed by atoms with Crippen LogP contribution < -0.4 is 5.32 Å². The average molecular weight is 431 g/mol. The topological polar surface area (TPSA) is 66.9 Å². The van der Waals surface area contributed by atoms with Crippen LogP contribution in [0.1, 0.15) is 11.3 Å². The Morgan fingerprint density at radius 2 is 1.80 bits per heavy atom. The van der Waals surface area contributed by atoms with E-state index in [1.807, 2.05) is 5.38 Å². The van der Waals surface area contributed by atoms with Gasteiger partial charge in [0.2, 0.25) is 5.91 Å². The van der Waals surface area contributed by atoms with Gasteiger partial charge in [-0.1, -0.05) is 18.2 Å². The van der Waals surface area contributed by atoms with Gasteiger partial charge >= 0.3 is 0 Å². The fraction of sp³-hybridized carbons (Fsp3) is 0.545. The first kappa shape index (κ1) is 21.4. The molecule has 0 spiro atoms. The van der Waals surface area contributed by atoms with E-state index in [9.17, 15) is 4.79 Å². The number of nitrogens with zero attached hydrogens (tertiary/aromatic N) is 3. The van der Waals surface area contributed by atoms with E-state index in [1.165, 1.54) is 5.56 Å². The van der Waals surface area contributed by atoms with Crippen LogP contribution in [0.5, 0.6) is 0 Å². The van der Waals surface area contributed by atoms with Crippen molar-refractivity contribution in [3.8, 4) is 10.6 Å². The van der Waals surface area contributed by atoms with Gasteiger partial charge in [0, 0.05) is 56.8 Å². The molecule has 0 radical (unpaired) electrons. The van der Waals surface area contributed by atoms with Gasteiger partial charge in [-0.15, -0.1) is 11.3 Å². The Hall–Kier alpha value is -1.84. The lowest BCUT2D eigenvalue weighted by molar-refractivity contribution is -0.120. The summed E-state index contributed by atoms with van der Waals surface area (Å²) in [7, 11) is 0. The van der Waals surface area contributed by atoms with Gasteiger partial charge in [0.1, 0.15) is 5.01 Å². The molecule has 2 saturated heterocycles. The second kappa shape index (κ2) is 11.0. The molecule has 3 heterocycles. The second-order valence-corrected chi connectivity index (χ2v) is 8.57. The van der Waals surface area contributed by atoms with Crippen LogP contribution in [0.2, 0.25) is 0 Å². The number of carbonyl (C=O) groups excluding carboxylic acids is 1. The normalized spacial score (nSPS) is 18.4. The Morgan fingerprint density at radius 1 is 1.07 bits per heavy atom. The SMILES string of the molecule is O=C(Cc1csc(-c2cccc(CN3CCOCC3)c2)n1)NCCN1CCOCC1. The van der Waals surface area contributed by atoms with Crippen molar-refractivity contribution in [1.29, 1.82) is 0 Å². The molecule has 4 rings (SSSR count). The summed E-state index contributed by atoms with van der Waals surface area (Å²) in [6.07, 6.45) is 0.326. The first-order valence-corrected chi connectivity index (χ1v) is 11.5. The van der Waals surface area contributed by atoms with E-state index in [2.05, 4.69) is 39.4 Å². The van der Waals surface area contributed by atoms with E-state index < -0.39 is 0 Å². The summed E-state index contributed by atoms with van der Waals surface area (Å²) in [6, 6.07) is 8.55. The van der Waals surface area contributed by atoms with Gasteiger partial charge in [-0.25, -0.2) is 4.98 Å². The monoisotopic (exact) mass is 430 g/mol. The van der Waals surface area contributed by atoms with Crippen LogP contribution in [0.4, 0.5) is 0 Å². The minimum absolute atomic E-state index is 0.0289. The second-order valence-electron chi connectivity index (χ2n) is 7.71. The molecule has 0 unspecified atom stereocenters. The van der Waals surface area contributed by atoms with Crippen LogP contribution >= 0.6 is 11.3 Å². The number of morpholine rings is 2. The largest absolute Gasteiger partial charge is 0.379 e. The molecule has 7 nitrogen and oxygen atoms in total. The number of thiazole rings is 1. The fourth-order valence-electron chi connectivity index (χ4n) is 3.75. The Labute approximate surface area is 182 Å². The van der Waals surface area contributed by atoms with Crippen LogP contribution in [0.3, 0.4) is 0 Å². The highest BCUT2D eigenvalue weighted by molar-refractivity contribution is 7.13. The number of amides is 1. The van der Waals surface area contributed by atoms with Crippen LogP contribution in [0, 0.1) is 0 Å². The Morgan fingerprint density at radius 3 is 2.57 bits per heavy atom. The molecule has 2 fully saturated rings. The van der Waals surface area contributed by atoms with Gasteiger partial charge in [0.25, 0.3) is 0 Å². The van der Waals surface area contributed by atoms with Gasteiger partial charge in [-0.05, 0) is 11.6 Å². The molecule has 2 aliphatic heterocycles. The Balaban J connectivity index is 1.27. The van der Waals surface area contributed by atoms with E-state index in [1.54, 1.807) is 11.3 Å². The lowest BCUT2D eigenvalue weighted by atomic mass is 10.1. The number of rotatable bonds is 8. The van der Waals surface area contributed by atoms with Crippen molar-refractivity contribution in [2.75, 3.05) is 65.7 Å². The summed E-state index contributed by atoms with van der Waals surface area (Å²) in [4.78, 5) is 21.7. The molecule has 0 aliphatic carbocycles. The predicted octanol–water partition coefficient (Wildman–Crippen LogP) is 1.63. The van der Waals surface area contributed by atoms with Crippen molar-refractivity contribution in [1.82, 2.24) is 20.1 Å². The minimum Gasteiger partial charge on any atom is -0.379 e. The molecular weight excluding hydrogens is 400 g/mol. The van der Waals surface area contributed by atoms with Crippen LogP contribution in [-0.2, 0) is 27.2 Å². The highest BCUT2D eigenvalue weighted by atomic mass is 32.1. The van der Waals surface area contributed by atoms with E-state index >= 15 is 0 Å². The van der Waals surface area contributed by atoms with Gasteiger partial charge in [0.15, 0.2) is 0 Å². The minimum atomic E-state index is 0.0289. The zero-order chi connectivity index (χ0) is 20.6. The molecule has 1 aromatic carbocycles. The molecule has 1 aromatic heterocycles. The highest BCUT2D eigenvalue weighted by Gasteiger charge is 2.14. The number of nitrogens with one attached hydrogen (secondary N) is 1. The molecular formula is C22H30N4O3S. The maximum atomic E-state index is 12.3. The van der Waals surface area contributed by atoms with Crippen LogP contribution in [-0.4, -0.2) is 86.4 Å². The summed E-state index contributed by atoms with van der Waals surface area (Å²) in [5.74, 6) is 0.0289. The first-order valence-electron chi connectivity index (χ1n) is 10.7. The third kappa shape index (κ3) is 6.33. The van der Waals surface area contributed by atoms with Crippen molar-refractivity contribution in [3.05, 3.63) is 40.9 Å². The van der Waals surface area contributed by atoms with Crippen molar-refractivity contribution >= 4 is 17.2 Å². The fourth-order valence-corrected chi connectivity index (χ4v) is 4.56. The van der Waals surface area contributed by atoms with E-state index in [0.717, 1.165) is 82.0 Å². The van der Waals surface area contributed by atoms with Crippen molar-refractivity contribution in [3.63, 3.8) is 0 Å². The third-order valence-corrected chi connectivity index (χ3v) is 6.37. The summed E-state index contributed by atoms with van der Waals surface area (Å²) in [5.41, 5.74) is 3.23. The number of carbonyl (C=O) groups is 1. The summed E-state index contributed by atoms with van der Waals surface area (Å²) in [6.45, 7) is 9.48. The highest BCUT2D eigenvalue weighted by Crippen LogP contribution is 2.25. The summed E-state index contributed by atoms with van der Waals surface area (Å²) >= 11 is 1.60. The summed E-state index contributed by atoms with van der Waals surface area (Å²) < 4.78 is 10.8. The molecule has 0 saturated carbocycles. The molecule has 1 amide bonds. The standard InChI is InChI=1S/C22H30N4O3S/c27-21(23-4-5-25-6-10-28-11-7-25)15-20-17-30-22(24-20)19-3-1-2-18(14-19)16-26-8-12-29-13-9-26/h1-3,14,17H,4-13,15-16H2,(H,23,27). The maximum Gasteiger partial charge on any atom is 0.226 e. The molecule has 8 heteroatoms. The molecule has 30 heavy (non-hydrogen) atoms. The lowest BCUT2D eigenvalue weighted by Gasteiger charge is -2.26. The van der Waals surface area contributed by atoms with Crippen molar-refractivity contribution in [2.45, 2.75) is 13.0 Å². The molecule has 0 atom stereocenters. The first-order chi connectivity index (χ1) is 14.8. The molecule has 2 aromatic rings. The molecule has 2 aliphatic rings. The Bertz CT molecular complexity index is 816. The van der Waals surface area contributed by atoms with Gasteiger partial charge < -0.3 is 14.8 Å². The van der Waals surface area contributed by atoms with Gasteiger partial charge in [-0.3, -0.25) is 14.6 Å². The number of ether oxygens (including phenoxy) is 2. The third-order valence-electron chi connectivity index (χ3n) is 5.43.